The van der Waals surface area contributed by atoms with E-state index in [1.165, 1.54) is 12.8 Å². The van der Waals surface area contributed by atoms with Crippen LogP contribution in [0.25, 0.3) is 11.0 Å². The van der Waals surface area contributed by atoms with E-state index >= 15 is 0 Å². The standard InChI is InChI=1S/C16H18O5/c1-19-11-6-7-13-12(8-11)14(15(21-13)16(17)18)20-9-10-4-2-3-5-10/h6-8,10H,2-5,9H2,1H3,(H,17,18). The van der Waals surface area contributed by atoms with Gasteiger partial charge in [0.1, 0.15) is 11.3 Å². The van der Waals surface area contributed by atoms with Gasteiger partial charge in [-0.3, -0.25) is 0 Å². The van der Waals surface area contributed by atoms with Gasteiger partial charge in [0.15, 0.2) is 5.75 Å². The molecule has 21 heavy (non-hydrogen) atoms. The van der Waals surface area contributed by atoms with Gasteiger partial charge < -0.3 is 19.0 Å². The molecule has 1 saturated carbocycles. The SMILES string of the molecule is COc1ccc2oc(C(=O)O)c(OCC3CCCC3)c2c1. The Balaban J connectivity index is 1.95. The predicted molar refractivity (Wildman–Crippen MR) is 77.2 cm³/mol. The second-order valence-corrected chi connectivity index (χ2v) is 5.39. The Labute approximate surface area is 122 Å². The first-order chi connectivity index (χ1) is 10.2. The number of methoxy groups -OCH3 is 1. The van der Waals surface area contributed by atoms with Crippen molar-refractivity contribution in [2.75, 3.05) is 13.7 Å². The van der Waals surface area contributed by atoms with E-state index in [9.17, 15) is 9.90 Å². The number of hydrogen-bond acceptors (Lipinski definition) is 4. The van der Waals surface area contributed by atoms with Crippen molar-refractivity contribution in [1.29, 1.82) is 0 Å². The van der Waals surface area contributed by atoms with Gasteiger partial charge in [-0.15, -0.1) is 0 Å². The summed E-state index contributed by atoms with van der Waals surface area (Å²) in [6.45, 7) is 0.534. The van der Waals surface area contributed by atoms with Crippen LogP contribution >= 0.6 is 0 Å². The van der Waals surface area contributed by atoms with Crippen LogP contribution < -0.4 is 9.47 Å². The Morgan fingerprint density at radius 3 is 2.81 bits per heavy atom. The summed E-state index contributed by atoms with van der Waals surface area (Å²) in [5.41, 5.74) is 0.495. The number of carboxylic acids is 1. The summed E-state index contributed by atoms with van der Waals surface area (Å²) in [5, 5.41) is 9.92. The maximum absolute atomic E-state index is 11.3. The van der Waals surface area contributed by atoms with E-state index in [-0.39, 0.29) is 5.76 Å². The van der Waals surface area contributed by atoms with Gasteiger partial charge in [0.05, 0.1) is 19.1 Å². The van der Waals surface area contributed by atoms with Crippen LogP contribution in [0, 0.1) is 5.92 Å². The first kappa shape index (κ1) is 13.8. The van der Waals surface area contributed by atoms with Gasteiger partial charge in [-0.2, -0.15) is 0 Å². The molecular formula is C16H18O5. The fraction of sp³-hybridized carbons (Fsp3) is 0.438. The third-order valence-electron chi connectivity index (χ3n) is 3.98. The van der Waals surface area contributed by atoms with E-state index < -0.39 is 5.97 Å². The molecule has 5 nitrogen and oxygen atoms in total. The third kappa shape index (κ3) is 2.68. The first-order valence-electron chi connectivity index (χ1n) is 7.15. The molecule has 1 aromatic heterocycles. The topological polar surface area (TPSA) is 68.9 Å². The summed E-state index contributed by atoms with van der Waals surface area (Å²) in [6, 6.07) is 5.18. The molecule has 112 valence electrons. The van der Waals surface area contributed by atoms with Crippen molar-refractivity contribution < 1.29 is 23.8 Å². The van der Waals surface area contributed by atoms with Crippen LogP contribution in [0.2, 0.25) is 0 Å². The highest BCUT2D eigenvalue weighted by Crippen LogP contribution is 2.36. The van der Waals surface area contributed by atoms with Crippen molar-refractivity contribution in [1.82, 2.24) is 0 Å². The molecule has 1 aliphatic rings. The van der Waals surface area contributed by atoms with Gasteiger partial charge in [-0.1, -0.05) is 12.8 Å². The summed E-state index contributed by atoms with van der Waals surface area (Å²) in [4.78, 5) is 11.3. The van der Waals surface area contributed by atoms with Crippen LogP contribution in [0.15, 0.2) is 22.6 Å². The van der Waals surface area contributed by atoms with Gasteiger partial charge in [0.25, 0.3) is 5.76 Å². The fourth-order valence-corrected chi connectivity index (χ4v) is 2.84. The fourth-order valence-electron chi connectivity index (χ4n) is 2.84. The Morgan fingerprint density at radius 2 is 2.14 bits per heavy atom. The number of ether oxygens (including phenoxy) is 2. The van der Waals surface area contributed by atoms with Gasteiger partial charge in [-0.25, -0.2) is 4.79 Å². The molecule has 1 heterocycles. The van der Waals surface area contributed by atoms with Crippen LogP contribution in [0.5, 0.6) is 11.5 Å². The van der Waals surface area contributed by atoms with Crippen LogP contribution in [0.3, 0.4) is 0 Å². The molecule has 1 fully saturated rings. The molecule has 0 unspecified atom stereocenters. The highest BCUT2D eigenvalue weighted by atomic mass is 16.5. The second-order valence-electron chi connectivity index (χ2n) is 5.39. The third-order valence-corrected chi connectivity index (χ3v) is 3.98. The van der Waals surface area contributed by atoms with Crippen molar-refractivity contribution in [3.63, 3.8) is 0 Å². The molecule has 2 aromatic rings. The zero-order valence-electron chi connectivity index (χ0n) is 11.9. The Kier molecular flexibility index (Phi) is 3.73. The molecule has 3 rings (SSSR count). The van der Waals surface area contributed by atoms with E-state index in [0.29, 0.717) is 35.0 Å². The lowest BCUT2D eigenvalue weighted by Gasteiger charge is -2.10. The van der Waals surface area contributed by atoms with Crippen LogP contribution in [0.1, 0.15) is 36.2 Å². The van der Waals surface area contributed by atoms with Crippen LogP contribution in [-0.4, -0.2) is 24.8 Å². The van der Waals surface area contributed by atoms with Crippen LogP contribution in [0.4, 0.5) is 0 Å². The number of carboxylic acid groups (broad SMARTS) is 1. The Morgan fingerprint density at radius 1 is 1.38 bits per heavy atom. The lowest BCUT2D eigenvalue weighted by Crippen LogP contribution is -2.09. The largest absolute Gasteiger partial charge is 0.497 e. The smallest absolute Gasteiger partial charge is 0.375 e. The summed E-state index contributed by atoms with van der Waals surface area (Å²) in [7, 11) is 1.57. The maximum atomic E-state index is 11.3. The number of hydrogen-bond donors (Lipinski definition) is 1. The van der Waals surface area contributed by atoms with E-state index in [0.717, 1.165) is 12.8 Å². The zero-order chi connectivity index (χ0) is 14.8. The predicted octanol–water partition coefficient (Wildman–Crippen LogP) is 3.71. The second kappa shape index (κ2) is 5.68. The monoisotopic (exact) mass is 290 g/mol. The summed E-state index contributed by atoms with van der Waals surface area (Å²) in [6.07, 6.45) is 4.72. The Bertz CT molecular complexity index is 652. The van der Waals surface area contributed by atoms with E-state index in [4.69, 9.17) is 13.9 Å². The lowest BCUT2D eigenvalue weighted by atomic mass is 10.1. The molecule has 0 atom stereocenters. The molecule has 1 N–H and O–H groups in total. The van der Waals surface area contributed by atoms with Crippen molar-refractivity contribution >= 4 is 16.9 Å². The van der Waals surface area contributed by atoms with E-state index in [2.05, 4.69) is 0 Å². The molecule has 0 aliphatic heterocycles. The van der Waals surface area contributed by atoms with Gasteiger partial charge in [0.2, 0.25) is 0 Å². The summed E-state index contributed by atoms with van der Waals surface area (Å²) < 4.78 is 16.4. The molecule has 0 radical (unpaired) electrons. The van der Waals surface area contributed by atoms with Gasteiger partial charge in [-0.05, 0) is 37.0 Å². The molecule has 1 aliphatic carbocycles. The molecule has 0 spiro atoms. The number of aromatic carboxylic acids is 1. The average Bonchev–Trinajstić information content (AvgIpc) is 3.11. The average molecular weight is 290 g/mol. The molecular weight excluding hydrogens is 272 g/mol. The minimum absolute atomic E-state index is 0.142. The maximum Gasteiger partial charge on any atom is 0.375 e. The molecule has 0 saturated heterocycles. The van der Waals surface area contributed by atoms with Crippen molar-refractivity contribution in [3.8, 4) is 11.5 Å². The quantitative estimate of drug-likeness (QED) is 0.909. The zero-order valence-corrected chi connectivity index (χ0v) is 11.9. The number of benzene rings is 1. The molecule has 5 heteroatoms. The van der Waals surface area contributed by atoms with Crippen molar-refractivity contribution in [2.24, 2.45) is 5.92 Å². The van der Waals surface area contributed by atoms with Crippen molar-refractivity contribution in [2.45, 2.75) is 25.7 Å². The lowest BCUT2D eigenvalue weighted by molar-refractivity contribution is 0.0657. The number of rotatable bonds is 5. The van der Waals surface area contributed by atoms with Gasteiger partial charge >= 0.3 is 5.97 Å². The van der Waals surface area contributed by atoms with Gasteiger partial charge in [0, 0.05) is 0 Å². The minimum Gasteiger partial charge on any atom is -0.497 e. The number of fused-ring (bicyclic) bond motifs is 1. The normalized spacial score (nSPS) is 15.5. The first-order valence-corrected chi connectivity index (χ1v) is 7.15. The van der Waals surface area contributed by atoms with E-state index in [1.807, 2.05) is 0 Å². The summed E-state index contributed by atoms with van der Waals surface area (Å²) in [5.74, 6) is 0.194. The molecule has 1 aromatic carbocycles. The summed E-state index contributed by atoms with van der Waals surface area (Å²) >= 11 is 0. The minimum atomic E-state index is -1.12. The van der Waals surface area contributed by atoms with Crippen molar-refractivity contribution in [3.05, 3.63) is 24.0 Å². The van der Waals surface area contributed by atoms with E-state index in [1.54, 1.807) is 25.3 Å². The molecule has 0 bridgehead atoms. The van der Waals surface area contributed by atoms with Crippen LogP contribution in [-0.2, 0) is 0 Å². The highest BCUT2D eigenvalue weighted by molar-refractivity contribution is 5.98. The highest BCUT2D eigenvalue weighted by Gasteiger charge is 2.24. The number of furan rings is 1. The molecule has 0 amide bonds. The number of carbonyl (C=O) groups is 1. The Hall–Kier alpha value is -2.17.